The Balaban J connectivity index is 2.08. The van der Waals surface area contributed by atoms with Crippen molar-refractivity contribution in [3.63, 3.8) is 0 Å². The molecule has 0 bridgehead atoms. The summed E-state index contributed by atoms with van der Waals surface area (Å²) < 4.78 is 44.9. The average Bonchev–Trinajstić information content (AvgIpc) is 3.01. The maximum atomic E-state index is 13.0. The molecule has 0 aromatic carbocycles. The molecule has 9 heteroatoms. The molecule has 5 nitrogen and oxygen atoms in total. The molecule has 25 heavy (non-hydrogen) atoms. The van der Waals surface area contributed by atoms with E-state index in [9.17, 15) is 18.0 Å². The summed E-state index contributed by atoms with van der Waals surface area (Å²) in [6.45, 7) is 0. The highest BCUT2D eigenvalue weighted by Gasteiger charge is 2.35. The summed E-state index contributed by atoms with van der Waals surface area (Å²) in [6, 6.07) is 5.21. The highest BCUT2D eigenvalue weighted by molar-refractivity contribution is 6.31. The Hall–Kier alpha value is -2.61. The van der Waals surface area contributed by atoms with Crippen LogP contribution in [0.25, 0.3) is 5.52 Å². The Morgan fingerprint density at radius 3 is 2.72 bits per heavy atom. The number of fused-ring (bicyclic) bond motifs is 1. The SMILES string of the molecule is COc1ccc(C(=O)Cc2ccncc2Cl)c2cc(C(F)(F)F)nn12. The van der Waals surface area contributed by atoms with E-state index in [0.717, 1.165) is 10.6 Å². The van der Waals surface area contributed by atoms with Crippen molar-refractivity contribution in [3.8, 4) is 5.88 Å². The van der Waals surface area contributed by atoms with Crippen LogP contribution in [0, 0.1) is 0 Å². The van der Waals surface area contributed by atoms with E-state index < -0.39 is 17.7 Å². The van der Waals surface area contributed by atoms with E-state index in [4.69, 9.17) is 16.3 Å². The maximum absolute atomic E-state index is 13.0. The standard InChI is InChI=1S/C16H11ClF3N3O2/c1-25-15-3-2-10(12-7-14(16(18,19)20)22-23(12)15)13(24)6-9-4-5-21-8-11(9)17/h2-5,7-8H,6H2,1H3. The molecule has 3 heterocycles. The molecule has 0 atom stereocenters. The van der Waals surface area contributed by atoms with E-state index in [1.807, 2.05) is 0 Å². The highest BCUT2D eigenvalue weighted by atomic mass is 35.5. The molecule has 3 rings (SSSR count). The lowest BCUT2D eigenvalue weighted by Gasteiger charge is -2.08. The number of halogens is 4. The molecule has 0 unspecified atom stereocenters. The number of methoxy groups -OCH3 is 1. The number of ketones is 1. The minimum absolute atomic E-state index is 0.0156. The average molecular weight is 370 g/mol. The van der Waals surface area contributed by atoms with E-state index in [1.165, 1.54) is 31.6 Å². The molecule has 130 valence electrons. The summed E-state index contributed by atoms with van der Waals surface area (Å²) in [5, 5.41) is 3.81. The van der Waals surface area contributed by atoms with Gasteiger partial charge in [0, 0.05) is 30.4 Å². The number of carbonyl (C=O) groups is 1. The lowest BCUT2D eigenvalue weighted by molar-refractivity contribution is -0.141. The first-order valence-electron chi connectivity index (χ1n) is 7.07. The molecule has 0 aliphatic carbocycles. The van der Waals surface area contributed by atoms with Gasteiger partial charge in [-0.15, -0.1) is 0 Å². The van der Waals surface area contributed by atoms with Crippen LogP contribution < -0.4 is 4.74 Å². The number of ether oxygens (including phenoxy) is 1. The van der Waals surface area contributed by atoms with Gasteiger partial charge < -0.3 is 4.74 Å². The van der Waals surface area contributed by atoms with Crippen LogP contribution in [0.1, 0.15) is 21.6 Å². The smallest absolute Gasteiger partial charge is 0.435 e. The van der Waals surface area contributed by atoms with E-state index in [2.05, 4.69) is 10.1 Å². The first-order chi connectivity index (χ1) is 11.8. The predicted molar refractivity (Wildman–Crippen MR) is 84.0 cm³/mol. The normalized spacial score (nSPS) is 11.7. The van der Waals surface area contributed by atoms with Crippen LogP contribution in [-0.4, -0.2) is 27.5 Å². The van der Waals surface area contributed by atoms with Gasteiger partial charge in [-0.2, -0.15) is 22.8 Å². The van der Waals surface area contributed by atoms with Crippen LogP contribution in [0.3, 0.4) is 0 Å². The zero-order valence-corrected chi connectivity index (χ0v) is 13.6. The number of hydrogen-bond donors (Lipinski definition) is 0. The maximum Gasteiger partial charge on any atom is 0.435 e. The van der Waals surface area contributed by atoms with Crippen LogP contribution in [-0.2, 0) is 12.6 Å². The van der Waals surface area contributed by atoms with E-state index in [0.29, 0.717) is 10.6 Å². The molecule has 0 radical (unpaired) electrons. The Morgan fingerprint density at radius 1 is 1.32 bits per heavy atom. The number of rotatable bonds is 4. The number of carbonyl (C=O) groups excluding carboxylic acids is 1. The van der Waals surface area contributed by atoms with Gasteiger partial charge in [-0.05, 0) is 23.8 Å². The fourth-order valence-corrected chi connectivity index (χ4v) is 2.58. The Kier molecular flexibility index (Phi) is 4.38. The molecule has 0 fully saturated rings. The second-order valence-electron chi connectivity index (χ2n) is 5.18. The molecule has 0 aliphatic rings. The summed E-state index contributed by atoms with van der Waals surface area (Å²) in [5.74, 6) is -0.307. The summed E-state index contributed by atoms with van der Waals surface area (Å²) in [6.07, 6.45) is -1.82. The summed E-state index contributed by atoms with van der Waals surface area (Å²) in [4.78, 5) is 16.4. The van der Waals surface area contributed by atoms with Crippen LogP contribution in [0.2, 0.25) is 5.02 Å². The minimum Gasteiger partial charge on any atom is -0.481 e. The van der Waals surface area contributed by atoms with Crippen molar-refractivity contribution in [2.24, 2.45) is 0 Å². The lowest BCUT2D eigenvalue weighted by Crippen LogP contribution is -2.08. The lowest BCUT2D eigenvalue weighted by atomic mass is 10.0. The number of aromatic nitrogens is 3. The second kappa shape index (κ2) is 6.36. The molecular weight excluding hydrogens is 359 g/mol. The van der Waals surface area contributed by atoms with Gasteiger partial charge in [0.1, 0.15) is 0 Å². The number of Topliss-reactive ketones (excluding diaryl/α,β-unsaturated/α-hetero) is 1. The van der Waals surface area contributed by atoms with Crippen molar-refractivity contribution in [2.75, 3.05) is 7.11 Å². The third kappa shape index (κ3) is 3.30. The Bertz CT molecular complexity index is 953. The topological polar surface area (TPSA) is 56.5 Å². The van der Waals surface area contributed by atoms with Gasteiger partial charge in [0.15, 0.2) is 11.5 Å². The van der Waals surface area contributed by atoms with E-state index in [1.54, 1.807) is 6.07 Å². The monoisotopic (exact) mass is 369 g/mol. The van der Waals surface area contributed by atoms with Crippen LogP contribution >= 0.6 is 11.6 Å². The molecule has 0 saturated carbocycles. The Morgan fingerprint density at radius 2 is 2.08 bits per heavy atom. The summed E-state index contributed by atoms with van der Waals surface area (Å²) in [5.41, 5.74) is -0.460. The van der Waals surface area contributed by atoms with E-state index in [-0.39, 0.29) is 23.4 Å². The van der Waals surface area contributed by atoms with Crippen molar-refractivity contribution in [1.82, 2.24) is 14.6 Å². The largest absolute Gasteiger partial charge is 0.481 e. The molecule has 3 aromatic heterocycles. The number of alkyl halides is 3. The van der Waals surface area contributed by atoms with Crippen molar-refractivity contribution >= 4 is 22.9 Å². The van der Waals surface area contributed by atoms with Gasteiger partial charge in [-0.25, -0.2) is 0 Å². The predicted octanol–water partition coefficient (Wildman–Crippen LogP) is 3.84. The molecule has 0 spiro atoms. The van der Waals surface area contributed by atoms with Gasteiger partial charge in [-0.1, -0.05) is 11.6 Å². The van der Waals surface area contributed by atoms with Crippen molar-refractivity contribution in [3.05, 3.63) is 58.5 Å². The fraction of sp³-hybridized carbons (Fsp3) is 0.188. The summed E-state index contributed by atoms with van der Waals surface area (Å²) in [7, 11) is 1.31. The van der Waals surface area contributed by atoms with Gasteiger partial charge in [0.2, 0.25) is 5.88 Å². The van der Waals surface area contributed by atoms with Gasteiger partial charge in [0.05, 0.1) is 17.6 Å². The first-order valence-corrected chi connectivity index (χ1v) is 7.44. The van der Waals surface area contributed by atoms with Crippen molar-refractivity contribution in [2.45, 2.75) is 12.6 Å². The molecule has 0 saturated heterocycles. The third-order valence-corrected chi connectivity index (χ3v) is 3.93. The van der Waals surface area contributed by atoms with Crippen LogP contribution in [0.4, 0.5) is 13.2 Å². The number of nitrogens with zero attached hydrogens (tertiary/aromatic N) is 3. The van der Waals surface area contributed by atoms with Crippen LogP contribution in [0.5, 0.6) is 5.88 Å². The van der Waals surface area contributed by atoms with Crippen molar-refractivity contribution < 1.29 is 22.7 Å². The molecule has 0 aliphatic heterocycles. The molecule has 0 amide bonds. The van der Waals surface area contributed by atoms with Crippen molar-refractivity contribution in [1.29, 1.82) is 0 Å². The summed E-state index contributed by atoms with van der Waals surface area (Å²) >= 11 is 5.98. The minimum atomic E-state index is -4.63. The van der Waals surface area contributed by atoms with Gasteiger partial charge in [-0.3, -0.25) is 9.78 Å². The highest BCUT2D eigenvalue weighted by Crippen LogP contribution is 2.31. The zero-order chi connectivity index (χ0) is 18.2. The van der Waals surface area contributed by atoms with Crippen LogP contribution in [0.15, 0.2) is 36.7 Å². The Labute approximate surface area is 145 Å². The number of hydrogen-bond acceptors (Lipinski definition) is 4. The molecule has 3 aromatic rings. The molecule has 0 N–H and O–H groups in total. The second-order valence-corrected chi connectivity index (χ2v) is 5.59. The van der Waals surface area contributed by atoms with E-state index >= 15 is 0 Å². The van der Waals surface area contributed by atoms with Gasteiger partial charge >= 0.3 is 6.18 Å². The first kappa shape index (κ1) is 17.2. The fourth-order valence-electron chi connectivity index (χ4n) is 2.40. The number of pyridine rings is 2. The zero-order valence-electron chi connectivity index (χ0n) is 12.8. The molecular formula is C16H11ClF3N3O2. The quantitative estimate of drug-likeness (QED) is 0.656. The third-order valence-electron chi connectivity index (χ3n) is 3.59. The van der Waals surface area contributed by atoms with Gasteiger partial charge in [0.25, 0.3) is 0 Å².